The number of rotatable bonds is 5. The Morgan fingerprint density at radius 1 is 1.32 bits per heavy atom. The molecule has 0 amide bonds. The first-order chi connectivity index (χ1) is 10.4. The van der Waals surface area contributed by atoms with Gasteiger partial charge in [0, 0.05) is 31.5 Å². The molecule has 0 aliphatic carbocycles. The molecule has 5 heteroatoms. The number of ether oxygens (including phenoxy) is 2. The van der Waals surface area contributed by atoms with Gasteiger partial charge >= 0.3 is 0 Å². The smallest absolute Gasteiger partial charge is 0.257 e. The van der Waals surface area contributed by atoms with E-state index < -0.39 is 0 Å². The Kier molecular flexibility index (Phi) is 5.62. The molecule has 1 aromatic rings. The van der Waals surface area contributed by atoms with Crippen molar-refractivity contribution in [1.29, 1.82) is 0 Å². The fourth-order valence-corrected chi connectivity index (χ4v) is 2.99. The number of nitrogens with one attached hydrogen (secondary N) is 1. The average Bonchev–Trinajstić information content (AvgIpc) is 2.45. The number of nitrogens with zero attached hydrogens (tertiary/aromatic N) is 2. The topological polar surface area (TPSA) is 56.3 Å². The van der Waals surface area contributed by atoms with Crippen molar-refractivity contribution in [3.63, 3.8) is 0 Å². The zero-order chi connectivity index (χ0) is 16.2. The van der Waals surface area contributed by atoms with E-state index in [-0.39, 0.29) is 17.6 Å². The molecule has 2 atom stereocenters. The Morgan fingerprint density at radius 2 is 2.05 bits per heavy atom. The lowest BCUT2D eigenvalue weighted by Gasteiger charge is -2.40. The summed E-state index contributed by atoms with van der Waals surface area (Å²) in [6, 6.07) is 0. The largest absolute Gasteiger partial charge is 0.472 e. The summed E-state index contributed by atoms with van der Waals surface area (Å²) in [6.07, 6.45) is 5.99. The summed E-state index contributed by atoms with van der Waals surface area (Å²) in [5.74, 6) is 1.76. The highest BCUT2D eigenvalue weighted by atomic mass is 16.5. The minimum atomic E-state index is 0.0811. The molecule has 2 unspecified atom stereocenters. The highest BCUT2D eigenvalue weighted by molar-refractivity contribution is 5.44. The van der Waals surface area contributed by atoms with Gasteiger partial charge in [0.2, 0.25) is 0 Å². The summed E-state index contributed by atoms with van der Waals surface area (Å²) in [5.41, 5.74) is 0.145. The summed E-state index contributed by atoms with van der Waals surface area (Å²) in [4.78, 5) is 8.64. The molecule has 2 rings (SSSR count). The monoisotopic (exact) mass is 307 g/mol. The second kappa shape index (κ2) is 7.27. The second-order valence-electron chi connectivity index (χ2n) is 7.32. The summed E-state index contributed by atoms with van der Waals surface area (Å²) < 4.78 is 11.7. The van der Waals surface area contributed by atoms with Gasteiger partial charge in [0.1, 0.15) is 0 Å². The second-order valence-corrected chi connectivity index (χ2v) is 7.32. The summed E-state index contributed by atoms with van der Waals surface area (Å²) in [6.45, 7) is 12.4. The Hall–Kier alpha value is -1.36. The molecule has 0 radical (unpaired) electrons. The third-order valence-electron chi connectivity index (χ3n) is 3.84. The number of hydrogen-bond acceptors (Lipinski definition) is 5. The van der Waals surface area contributed by atoms with Gasteiger partial charge in [0.05, 0.1) is 12.2 Å². The van der Waals surface area contributed by atoms with Gasteiger partial charge in [0.25, 0.3) is 5.88 Å². The van der Waals surface area contributed by atoms with Crippen LogP contribution in [0.15, 0.2) is 12.4 Å². The molecule has 1 saturated heterocycles. The van der Waals surface area contributed by atoms with E-state index in [9.17, 15) is 0 Å². The zero-order valence-corrected chi connectivity index (χ0v) is 14.4. The van der Waals surface area contributed by atoms with Gasteiger partial charge in [-0.25, -0.2) is 9.97 Å². The molecule has 1 aliphatic heterocycles. The van der Waals surface area contributed by atoms with Crippen LogP contribution in [0.4, 0.5) is 5.82 Å². The Bertz CT molecular complexity index is 471. The van der Waals surface area contributed by atoms with Crippen molar-refractivity contribution in [2.45, 2.75) is 59.7 Å². The van der Waals surface area contributed by atoms with Gasteiger partial charge in [-0.2, -0.15) is 0 Å². The quantitative estimate of drug-likeness (QED) is 0.902. The Morgan fingerprint density at radius 3 is 2.73 bits per heavy atom. The molecule has 0 spiro atoms. The van der Waals surface area contributed by atoms with Gasteiger partial charge in [-0.3, -0.25) is 0 Å². The molecule has 124 valence electrons. The molecule has 0 aromatic carbocycles. The molecular formula is C17H29N3O2. The number of aromatic nitrogens is 2. The van der Waals surface area contributed by atoms with Crippen LogP contribution in [0.25, 0.3) is 0 Å². The maximum Gasteiger partial charge on any atom is 0.257 e. The number of anilines is 1. The van der Waals surface area contributed by atoms with Crippen molar-refractivity contribution in [1.82, 2.24) is 9.97 Å². The first-order valence-electron chi connectivity index (χ1n) is 8.21. The van der Waals surface area contributed by atoms with Crippen molar-refractivity contribution < 1.29 is 9.47 Å². The molecule has 1 aliphatic rings. The molecule has 0 saturated carbocycles. The Balaban J connectivity index is 2.02. The van der Waals surface area contributed by atoms with E-state index >= 15 is 0 Å². The normalized spacial score (nSPS) is 22.6. The lowest BCUT2D eigenvalue weighted by Crippen LogP contribution is -2.42. The Labute approximate surface area is 133 Å². The van der Waals surface area contributed by atoms with Crippen LogP contribution in [0.3, 0.4) is 0 Å². The summed E-state index contributed by atoms with van der Waals surface area (Å²) >= 11 is 0. The summed E-state index contributed by atoms with van der Waals surface area (Å²) in [5, 5.41) is 3.41. The molecule has 1 aromatic heterocycles. The molecular weight excluding hydrogens is 278 g/mol. The predicted octanol–water partition coefficient (Wildman–Crippen LogP) is 3.52. The average molecular weight is 307 g/mol. The lowest BCUT2D eigenvalue weighted by atomic mass is 9.78. The first-order valence-corrected chi connectivity index (χ1v) is 8.21. The fraction of sp³-hybridized carbons (Fsp3) is 0.765. The predicted molar refractivity (Wildman–Crippen MR) is 88.2 cm³/mol. The van der Waals surface area contributed by atoms with Crippen LogP contribution in [0.2, 0.25) is 0 Å². The SMILES string of the molecule is CC(C)Oc1nccnc1NCC1CCCOC1C(C)(C)C. The summed E-state index contributed by atoms with van der Waals surface area (Å²) in [7, 11) is 0. The standard InChI is InChI=1S/C17H29N3O2/c1-12(2)22-16-15(18-8-9-19-16)20-11-13-7-6-10-21-14(13)17(3,4)5/h8-9,12-14H,6-7,10-11H2,1-5H3,(H,18,20). The van der Waals surface area contributed by atoms with E-state index in [0.29, 0.717) is 11.8 Å². The van der Waals surface area contributed by atoms with E-state index in [4.69, 9.17) is 9.47 Å². The highest BCUT2D eigenvalue weighted by Gasteiger charge is 2.35. The van der Waals surface area contributed by atoms with Gasteiger partial charge < -0.3 is 14.8 Å². The van der Waals surface area contributed by atoms with Crippen LogP contribution in [-0.2, 0) is 4.74 Å². The van der Waals surface area contributed by atoms with Crippen LogP contribution < -0.4 is 10.1 Å². The maximum absolute atomic E-state index is 6.03. The molecule has 1 N–H and O–H groups in total. The van der Waals surface area contributed by atoms with Crippen molar-refractivity contribution in [3.8, 4) is 5.88 Å². The van der Waals surface area contributed by atoms with Gasteiger partial charge in [-0.1, -0.05) is 20.8 Å². The minimum absolute atomic E-state index is 0.0811. The van der Waals surface area contributed by atoms with Crippen LogP contribution in [0, 0.1) is 11.3 Å². The minimum Gasteiger partial charge on any atom is -0.472 e. The van der Waals surface area contributed by atoms with Crippen LogP contribution >= 0.6 is 0 Å². The highest BCUT2D eigenvalue weighted by Crippen LogP contribution is 2.34. The van der Waals surface area contributed by atoms with Crippen LogP contribution in [0.5, 0.6) is 5.88 Å². The third kappa shape index (κ3) is 4.57. The molecule has 5 nitrogen and oxygen atoms in total. The van der Waals surface area contributed by atoms with E-state index in [1.807, 2.05) is 13.8 Å². The maximum atomic E-state index is 6.03. The zero-order valence-electron chi connectivity index (χ0n) is 14.4. The van der Waals surface area contributed by atoms with Crippen LogP contribution in [-0.4, -0.2) is 35.3 Å². The molecule has 2 heterocycles. The van der Waals surface area contributed by atoms with Crippen molar-refractivity contribution in [3.05, 3.63) is 12.4 Å². The van der Waals surface area contributed by atoms with E-state index in [1.54, 1.807) is 12.4 Å². The molecule has 0 bridgehead atoms. The molecule has 1 fully saturated rings. The van der Waals surface area contributed by atoms with Gasteiger partial charge in [-0.05, 0) is 32.1 Å². The van der Waals surface area contributed by atoms with Crippen molar-refractivity contribution in [2.24, 2.45) is 11.3 Å². The van der Waals surface area contributed by atoms with E-state index in [2.05, 4.69) is 36.1 Å². The van der Waals surface area contributed by atoms with E-state index in [0.717, 1.165) is 25.4 Å². The van der Waals surface area contributed by atoms with Crippen molar-refractivity contribution in [2.75, 3.05) is 18.5 Å². The van der Waals surface area contributed by atoms with Crippen LogP contribution in [0.1, 0.15) is 47.5 Å². The fourth-order valence-electron chi connectivity index (χ4n) is 2.99. The van der Waals surface area contributed by atoms with Gasteiger partial charge in [-0.15, -0.1) is 0 Å². The van der Waals surface area contributed by atoms with Gasteiger partial charge in [0.15, 0.2) is 5.82 Å². The van der Waals surface area contributed by atoms with Crippen molar-refractivity contribution >= 4 is 5.82 Å². The third-order valence-corrected chi connectivity index (χ3v) is 3.84. The van der Waals surface area contributed by atoms with E-state index in [1.165, 1.54) is 6.42 Å². The lowest BCUT2D eigenvalue weighted by molar-refractivity contribution is -0.0814. The molecule has 22 heavy (non-hydrogen) atoms. The number of hydrogen-bond donors (Lipinski definition) is 1. The first kappa shape index (κ1) is 17.0.